The molecule has 1 unspecified atom stereocenters. The van der Waals surface area contributed by atoms with Gasteiger partial charge in [-0.25, -0.2) is 0 Å². The van der Waals surface area contributed by atoms with Crippen molar-refractivity contribution in [3.8, 4) is 0 Å². The SMILES string of the molecule is C[C](C)CC(c1ccccc1)C(F)(F)F. The van der Waals surface area contributed by atoms with Gasteiger partial charge in [-0.2, -0.15) is 13.2 Å². The highest BCUT2D eigenvalue weighted by atomic mass is 19.4. The molecule has 1 atom stereocenters. The molecule has 0 saturated heterocycles. The highest BCUT2D eigenvalue weighted by molar-refractivity contribution is 5.22. The van der Waals surface area contributed by atoms with Crippen molar-refractivity contribution >= 4 is 0 Å². The topological polar surface area (TPSA) is 0 Å². The molecule has 0 heterocycles. The van der Waals surface area contributed by atoms with E-state index in [1.54, 1.807) is 32.0 Å². The van der Waals surface area contributed by atoms with Crippen LogP contribution in [0.1, 0.15) is 31.7 Å². The van der Waals surface area contributed by atoms with Crippen LogP contribution in [0.4, 0.5) is 13.2 Å². The van der Waals surface area contributed by atoms with Gasteiger partial charge >= 0.3 is 6.18 Å². The van der Waals surface area contributed by atoms with E-state index >= 15 is 0 Å². The fourth-order valence-corrected chi connectivity index (χ4v) is 1.52. The minimum Gasteiger partial charge on any atom is -0.170 e. The van der Waals surface area contributed by atoms with Crippen molar-refractivity contribution < 1.29 is 13.2 Å². The molecule has 0 nitrogen and oxygen atoms in total. The van der Waals surface area contributed by atoms with Crippen LogP contribution in [-0.4, -0.2) is 6.18 Å². The maximum Gasteiger partial charge on any atom is 0.395 e. The molecule has 0 saturated carbocycles. The summed E-state index contributed by atoms with van der Waals surface area (Å²) in [6, 6.07) is 8.06. The van der Waals surface area contributed by atoms with Gasteiger partial charge in [0.2, 0.25) is 0 Å². The maximum absolute atomic E-state index is 12.8. The Balaban J connectivity index is 2.92. The normalized spacial score (nSPS) is 14.3. The Morgan fingerprint density at radius 1 is 1.13 bits per heavy atom. The summed E-state index contributed by atoms with van der Waals surface area (Å²) in [5.41, 5.74) is 0.339. The van der Waals surface area contributed by atoms with Gasteiger partial charge in [-0.05, 0) is 17.9 Å². The lowest BCUT2D eigenvalue weighted by Crippen LogP contribution is -2.22. The molecule has 0 aliphatic carbocycles. The van der Waals surface area contributed by atoms with Crippen molar-refractivity contribution in [2.24, 2.45) is 0 Å². The zero-order valence-corrected chi connectivity index (χ0v) is 8.81. The first-order valence-electron chi connectivity index (χ1n) is 4.82. The molecule has 15 heavy (non-hydrogen) atoms. The number of rotatable bonds is 3. The van der Waals surface area contributed by atoms with E-state index in [0.29, 0.717) is 5.56 Å². The van der Waals surface area contributed by atoms with E-state index < -0.39 is 12.1 Å². The van der Waals surface area contributed by atoms with Crippen LogP contribution in [0.3, 0.4) is 0 Å². The van der Waals surface area contributed by atoms with Gasteiger partial charge in [0.05, 0.1) is 5.92 Å². The predicted molar refractivity (Wildman–Crippen MR) is 54.4 cm³/mol. The van der Waals surface area contributed by atoms with Gasteiger partial charge in [-0.1, -0.05) is 44.2 Å². The molecular formula is C12H14F3. The van der Waals surface area contributed by atoms with Gasteiger partial charge < -0.3 is 0 Å². The summed E-state index contributed by atoms with van der Waals surface area (Å²) in [6.45, 7) is 3.45. The Hall–Kier alpha value is -0.990. The summed E-state index contributed by atoms with van der Waals surface area (Å²) in [4.78, 5) is 0. The van der Waals surface area contributed by atoms with Crippen LogP contribution >= 0.6 is 0 Å². The fraction of sp³-hybridized carbons (Fsp3) is 0.417. The van der Waals surface area contributed by atoms with Gasteiger partial charge in [-0.3, -0.25) is 0 Å². The summed E-state index contributed by atoms with van der Waals surface area (Å²) in [5, 5.41) is 0. The molecule has 1 rings (SSSR count). The molecule has 1 aromatic carbocycles. The van der Waals surface area contributed by atoms with E-state index in [4.69, 9.17) is 0 Å². The van der Waals surface area contributed by atoms with E-state index in [1.807, 2.05) is 0 Å². The van der Waals surface area contributed by atoms with Gasteiger partial charge in [-0.15, -0.1) is 0 Å². The van der Waals surface area contributed by atoms with Crippen LogP contribution in [-0.2, 0) is 0 Å². The first kappa shape index (κ1) is 12.1. The molecule has 0 aromatic heterocycles. The Labute approximate surface area is 88.1 Å². The Morgan fingerprint density at radius 2 is 1.67 bits per heavy atom. The lowest BCUT2D eigenvalue weighted by Gasteiger charge is -2.22. The van der Waals surface area contributed by atoms with Crippen LogP contribution in [0.5, 0.6) is 0 Å². The van der Waals surface area contributed by atoms with Crippen LogP contribution in [0.15, 0.2) is 30.3 Å². The second-order valence-electron chi connectivity index (χ2n) is 3.92. The van der Waals surface area contributed by atoms with E-state index in [-0.39, 0.29) is 6.42 Å². The molecule has 1 radical (unpaired) electrons. The number of alkyl halides is 3. The Bertz CT molecular complexity index is 287. The predicted octanol–water partition coefficient (Wildman–Crippen LogP) is 4.34. The molecule has 0 spiro atoms. The third kappa shape index (κ3) is 3.57. The van der Waals surface area contributed by atoms with Crippen LogP contribution in [0, 0.1) is 5.92 Å². The average Bonchev–Trinajstić information content (AvgIpc) is 2.14. The van der Waals surface area contributed by atoms with Crippen molar-refractivity contribution in [2.75, 3.05) is 0 Å². The van der Waals surface area contributed by atoms with E-state index in [2.05, 4.69) is 0 Å². The summed E-state index contributed by atoms with van der Waals surface area (Å²) in [7, 11) is 0. The quantitative estimate of drug-likeness (QED) is 0.703. The molecule has 0 aliphatic rings. The number of benzene rings is 1. The minimum atomic E-state index is -4.17. The summed E-state index contributed by atoms with van der Waals surface area (Å²) in [6.07, 6.45) is -4.11. The van der Waals surface area contributed by atoms with Crippen molar-refractivity contribution in [1.82, 2.24) is 0 Å². The van der Waals surface area contributed by atoms with Crippen molar-refractivity contribution in [1.29, 1.82) is 0 Å². The van der Waals surface area contributed by atoms with Gasteiger partial charge in [0.15, 0.2) is 0 Å². The molecular weight excluding hydrogens is 201 g/mol. The molecule has 83 valence electrons. The van der Waals surface area contributed by atoms with Crippen molar-refractivity contribution in [3.63, 3.8) is 0 Å². The first-order valence-corrected chi connectivity index (χ1v) is 4.82. The smallest absolute Gasteiger partial charge is 0.170 e. The monoisotopic (exact) mass is 215 g/mol. The van der Waals surface area contributed by atoms with E-state index in [0.717, 1.165) is 5.92 Å². The highest BCUT2D eigenvalue weighted by Crippen LogP contribution is 2.39. The lowest BCUT2D eigenvalue weighted by molar-refractivity contribution is -0.151. The summed E-state index contributed by atoms with van der Waals surface area (Å²) in [5.74, 6) is -0.579. The number of hydrogen-bond acceptors (Lipinski definition) is 0. The second kappa shape index (κ2) is 4.69. The molecule has 0 N–H and O–H groups in total. The van der Waals surface area contributed by atoms with Crippen LogP contribution in [0.25, 0.3) is 0 Å². The third-order valence-corrected chi connectivity index (χ3v) is 2.21. The molecule has 0 amide bonds. The number of hydrogen-bond donors (Lipinski definition) is 0. The van der Waals surface area contributed by atoms with Crippen molar-refractivity contribution in [3.05, 3.63) is 41.8 Å². The Morgan fingerprint density at radius 3 is 2.07 bits per heavy atom. The van der Waals surface area contributed by atoms with Gasteiger partial charge in [0, 0.05) is 0 Å². The van der Waals surface area contributed by atoms with Crippen LogP contribution < -0.4 is 0 Å². The average molecular weight is 215 g/mol. The standard InChI is InChI=1S/C12H14F3/c1-9(2)8-11(12(13,14)15)10-6-4-3-5-7-10/h3-7,11H,8H2,1-2H3. The molecule has 3 heteroatoms. The minimum absolute atomic E-state index is 0.0630. The first-order chi connectivity index (χ1) is 6.91. The molecule has 0 fully saturated rings. The number of halogens is 3. The van der Waals surface area contributed by atoms with E-state index in [1.165, 1.54) is 12.1 Å². The Kier molecular flexibility index (Phi) is 3.77. The maximum atomic E-state index is 12.8. The van der Waals surface area contributed by atoms with E-state index in [9.17, 15) is 13.2 Å². The largest absolute Gasteiger partial charge is 0.395 e. The van der Waals surface area contributed by atoms with Gasteiger partial charge in [0.25, 0.3) is 0 Å². The molecule has 0 aliphatic heterocycles. The summed E-state index contributed by atoms with van der Waals surface area (Å²) >= 11 is 0. The second-order valence-corrected chi connectivity index (χ2v) is 3.92. The van der Waals surface area contributed by atoms with Gasteiger partial charge in [0.1, 0.15) is 0 Å². The van der Waals surface area contributed by atoms with Crippen molar-refractivity contribution in [2.45, 2.75) is 32.4 Å². The zero-order chi connectivity index (χ0) is 11.5. The molecule has 0 bridgehead atoms. The fourth-order valence-electron chi connectivity index (χ4n) is 1.52. The highest BCUT2D eigenvalue weighted by Gasteiger charge is 2.40. The third-order valence-electron chi connectivity index (χ3n) is 2.21. The summed E-state index contributed by atoms with van der Waals surface area (Å²) < 4.78 is 38.3. The lowest BCUT2D eigenvalue weighted by atomic mass is 9.90. The molecule has 1 aromatic rings. The van der Waals surface area contributed by atoms with Crippen LogP contribution in [0.2, 0.25) is 0 Å². The zero-order valence-electron chi connectivity index (χ0n) is 8.81.